The van der Waals surface area contributed by atoms with Crippen molar-refractivity contribution in [2.45, 2.75) is 75.9 Å². The molecular formula is C29H34F2N4O4. The van der Waals surface area contributed by atoms with Crippen LogP contribution in [0.25, 0.3) is 0 Å². The van der Waals surface area contributed by atoms with Crippen molar-refractivity contribution in [2.24, 2.45) is 5.92 Å². The van der Waals surface area contributed by atoms with Gasteiger partial charge in [-0.3, -0.25) is 24.2 Å². The summed E-state index contributed by atoms with van der Waals surface area (Å²) in [4.78, 5) is 58.4. The highest BCUT2D eigenvalue weighted by Crippen LogP contribution is 2.37. The number of alkyl halides is 2. The van der Waals surface area contributed by atoms with Crippen LogP contribution in [0.3, 0.4) is 0 Å². The molecule has 1 saturated carbocycles. The normalized spacial score (nSPS) is 20.1. The van der Waals surface area contributed by atoms with Crippen molar-refractivity contribution < 1.29 is 28.0 Å². The molecule has 3 amide bonds. The molecule has 2 N–H and O–H groups in total. The molecule has 1 aromatic carbocycles. The van der Waals surface area contributed by atoms with Gasteiger partial charge < -0.3 is 15.5 Å². The van der Waals surface area contributed by atoms with Gasteiger partial charge in [0, 0.05) is 37.9 Å². The molecule has 1 aliphatic carbocycles. The third-order valence-electron chi connectivity index (χ3n) is 7.45. The lowest BCUT2D eigenvalue weighted by Gasteiger charge is -2.39. The maximum absolute atomic E-state index is 13.6. The van der Waals surface area contributed by atoms with Crippen molar-refractivity contribution in [1.82, 2.24) is 20.5 Å². The number of nitrogens with zero attached hydrogens (tertiary/aromatic N) is 2. The molecule has 208 valence electrons. The van der Waals surface area contributed by atoms with E-state index in [0.717, 1.165) is 5.56 Å². The standard InChI is InChI=1S/C29H34F2N4O4/c30-29(31)14-12-21(13-15-29)28(39)35-17-7-5-11-24(35)26(37)34-23(18-20-8-2-1-3-9-20)25(36)27(38)33-19-22-10-4-6-16-32-22/h1-4,6,8-10,16,21,23-24H,5,7,11-15,17-19H2,(H,33,38)(H,34,37)/t23-,24-/m1/s1. The second kappa shape index (κ2) is 12.9. The zero-order valence-corrected chi connectivity index (χ0v) is 21.8. The lowest BCUT2D eigenvalue weighted by Crippen LogP contribution is -2.57. The summed E-state index contributed by atoms with van der Waals surface area (Å²) in [6, 6.07) is 12.3. The van der Waals surface area contributed by atoms with Gasteiger partial charge in [0.15, 0.2) is 0 Å². The highest BCUT2D eigenvalue weighted by molar-refractivity contribution is 6.38. The topological polar surface area (TPSA) is 108 Å². The summed E-state index contributed by atoms with van der Waals surface area (Å²) in [5, 5.41) is 5.30. The van der Waals surface area contributed by atoms with E-state index in [1.165, 1.54) is 4.90 Å². The first-order chi connectivity index (χ1) is 18.7. The number of likely N-dealkylation sites (tertiary alicyclic amines) is 1. The van der Waals surface area contributed by atoms with E-state index in [0.29, 0.717) is 31.5 Å². The van der Waals surface area contributed by atoms with E-state index < -0.39 is 41.5 Å². The van der Waals surface area contributed by atoms with E-state index in [4.69, 9.17) is 0 Å². The van der Waals surface area contributed by atoms with Crippen LogP contribution >= 0.6 is 0 Å². The number of hydrogen-bond donors (Lipinski definition) is 2. The molecule has 10 heteroatoms. The molecule has 0 bridgehead atoms. The third-order valence-corrected chi connectivity index (χ3v) is 7.45. The third kappa shape index (κ3) is 7.68. The minimum atomic E-state index is -2.75. The lowest BCUT2D eigenvalue weighted by molar-refractivity contribution is -0.149. The largest absolute Gasteiger partial charge is 0.344 e. The summed E-state index contributed by atoms with van der Waals surface area (Å²) >= 11 is 0. The maximum Gasteiger partial charge on any atom is 0.289 e. The molecule has 2 heterocycles. The van der Waals surface area contributed by atoms with Crippen LogP contribution in [0.5, 0.6) is 0 Å². The van der Waals surface area contributed by atoms with Crippen LogP contribution in [0.4, 0.5) is 8.78 Å². The molecule has 39 heavy (non-hydrogen) atoms. The first-order valence-corrected chi connectivity index (χ1v) is 13.5. The molecular weight excluding hydrogens is 506 g/mol. The number of carbonyl (C=O) groups is 4. The van der Waals surface area contributed by atoms with Crippen LogP contribution in [0.2, 0.25) is 0 Å². The van der Waals surface area contributed by atoms with Gasteiger partial charge >= 0.3 is 0 Å². The van der Waals surface area contributed by atoms with Gasteiger partial charge in [-0.05, 0) is 49.8 Å². The number of hydrogen-bond acceptors (Lipinski definition) is 5. The summed E-state index contributed by atoms with van der Waals surface area (Å²) in [5.41, 5.74) is 1.34. The zero-order chi connectivity index (χ0) is 27.8. The number of aromatic nitrogens is 1. The first-order valence-electron chi connectivity index (χ1n) is 13.5. The van der Waals surface area contributed by atoms with Crippen LogP contribution in [0.1, 0.15) is 56.2 Å². The average molecular weight is 541 g/mol. The molecule has 1 aliphatic heterocycles. The van der Waals surface area contributed by atoms with Gasteiger partial charge in [0.25, 0.3) is 5.91 Å². The summed E-state index contributed by atoms with van der Waals surface area (Å²) < 4.78 is 27.3. The number of ketones is 1. The fourth-order valence-electron chi connectivity index (χ4n) is 5.24. The molecule has 1 aromatic heterocycles. The van der Waals surface area contributed by atoms with Crippen LogP contribution < -0.4 is 10.6 Å². The Hall–Kier alpha value is -3.69. The Bertz CT molecular complexity index is 1150. The van der Waals surface area contributed by atoms with Gasteiger partial charge in [0.1, 0.15) is 12.1 Å². The highest BCUT2D eigenvalue weighted by Gasteiger charge is 2.42. The number of pyridine rings is 1. The van der Waals surface area contributed by atoms with E-state index in [1.807, 2.05) is 6.07 Å². The molecule has 4 rings (SSSR count). The number of amides is 3. The van der Waals surface area contributed by atoms with E-state index in [2.05, 4.69) is 15.6 Å². The fraction of sp³-hybridized carbons (Fsp3) is 0.483. The Labute approximate surface area is 226 Å². The predicted octanol–water partition coefficient (Wildman–Crippen LogP) is 3.20. The van der Waals surface area contributed by atoms with Gasteiger partial charge in [-0.1, -0.05) is 36.4 Å². The fourth-order valence-corrected chi connectivity index (χ4v) is 5.24. The maximum atomic E-state index is 13.6. The van der Waals surface area contributed by atoms with Crippen LogP contribution in [-0.2, 0) is 32.1 Å². The van der Waals surface area contributed by atoms with Crippen molar-refractivity contribution in [3.63, 3.8) is 0 Å². The van der Waals surface area contributed by atoms with Gasteiger partial charge in [0.05, 0.1) is 12.2 Å². The number of carbonyl (C=O) groups excluding carboxylic acids is 4. The van der Waals surface area contributed by atoms with Gasteiger partial charge in [-0.25, -0.2) is 8.78 Å². The minimum absolute atomic E-state index is 0.0583. The Morgan fingerprint density at radius 2 is 1.69 bits per heavy atom. The average Bonchev–Trinajstić information content (AvgIpc) is 2.96. The monoisotopic (exact) mass is 540 g/mol. The molecule has 2 aliphatic rings. The van der Waals surface area contributed by atoms with Crippen molar-refractivity contribution >= 4 is 23.5 Å². The summed E-state index contributed by atoms with van der Waals surface area (Å²) in [5.74, 6) is -5.75. The molecule has 2 atom stereocenters. The minimum Gasteiger partial charge on any atom is -0.344 e. The molecule has 8 nitrogen and oxygen atoms in total. The van der Waals surface area contributed by atoms with Crippen LogP contribution in [-0.4, -0.2) is 57.9 Å². The second-order valence-electron chi connectivity index (χ2n) is 10.3. The SMILES string of the molecule is O=C(NCc1ccccn1)C(=O)[C@@H](Cc1ccccc1)NC(=O)[C@H]1CCCCN1C(=O)C1CCC(F)(F)CC1. The van der Waals surface area contributed by atoms with Crippen molar-refractivity contribution in [2.75, 3.05) is 6.54 Å². The second-order valence-corrected chi connectivity index (χ2v) is 10.3. The van der Waals surface area contributed by atoms with E-state index in [-0.39, 0.29) is 44.6 Å². The molecule has 0 unspecified atom stereocenters. The van der Waals surface area contributed by atoms with Crippen LogP contribution in [0.15, 0.2) is 54.7 Å². The van der Waals surface area contributed by atoms with Crippen molar-refractivity contribution in [1.29, 1.82) is 0 Å². The Morgan fingerprint density at radius 3 is 2.38 bits per heavy atom. The number of piperidine rings is 1. The number of benzene rings is 1. The molecule has 2 fully saturated rings. The zero-order valence-electron chi connectivity index (χ0n) is 21.8. The molecule has 2 aromatic rings. The van der Waals surface area contributed by atoms with Crippen molar-refractivity contribution in [3.8, 4) is 0 Å². The lowest BCUT2D eigenvalue weighted by atomic mass is 9.85. The summed E-state index contributed by atoms with van der Waals surface area (Å²) in [7, 11) is 0. The quantitative estimate of drug-likeness (QED) is 0.475. The van der Waals surface area contributed by atoms with Gasteiger partial charge in [-0.2, -0.15) is 0 Å². The van der Waals surface area contributed by atoms with E-state index in [1.54, 1.807) is 48.7 Å². The van der Waals surface area contributed by atoms with Gasteiger partial charge in [-0.15, -0.1) is 0 Å². The van der Waals surface area contributed by atoms with Gasteiger partial charge in [0.2, 0.25) is 23.5 Å². The first kappa shape index (κ1) is 28.3. The molecule has 0 spiro atoms. The highest BCUT2D eigenvalue weighted by atomic mass is 19.3. The van der Waals surface area contributed by atoms with E-state index >= 15 is 0 Å². The molecule has 0 radical (unpaired) electrons. The summed E-state index contributed by atoms with van der Waals surface area (Å²) in [6.45, 7) is 0.411. The Kier molecular flexibility index (Phi) is 9.37. The van der Waals surface area contributed by atoms with Crippen LogP contribution in [0, 0.1) is 5.92 Å². The Balaban J connectivity index is 1.45. The Morgan fingerprint density at radius 1 is 0.974 bits per heavy atom. The van der Waals surface area contributed by atoms with Crippen molar-refractivity contribution in [3.05, 3.63) is 66.0 Å². The molecule has 1 saturated heterocycles. The van der Waals surface area contributed by atoms with E-state index in [9.17, 15) is 28.0 Å². The number of Topliss-reactive ketones (excluding diaryl/α,β-unsaturated/α-hetero) is 1. The number of halogens is 2. The smallest absolute Gasteiger partial charge is 0.289 e. The summed E-state index contributed by atoms with van der Waals surface area (Å²) in [6.07, 6.45) is 3.00. The number of nitrogens with one attached hydrogen (secondary N) is 2. The predicted molar refractivity (Wildman–Crippen MR) is 139 cm³/mol. The number of rotatable bonds is 9.